The van der Waals surface area contributed by atoms with E-state index in [-0.39, 0.29) is 0 Å². The lowest BCUT2D eigenvalue weighted by molar-refractivity contribution is 0.193. The Morgan fingerprint density at radius 3 is 2.22 bits per heavy atom. The summed E-state index contributed by atoms with van der Waals surface area (Å²) in [6.07, 6.45) is 5.62. The van der Waals surface area contributed by atoms with Crippen LogP contribution in [0.25, 0.3) is 0 Å². The summed E-state index contributed by atoms with van der Waals surface area (Å²) in [6.45, 7) is 6.96. The molecule has 102 valence electrons. The van der Waals surface area contributed by atoms with Crippen molar-refractivity contribution in [1.82, 2.24) is 5.32 Å². The molecule has 1 N–H and O–H groups in total. The zero-order valence-corrected chi connectivity index (χ0v) is 13.0. The molecule has 0 saturated heterocycles. The van der Waals surface area contributed by atoms with Crippen LogP contribution in [0.5, 0.6) is 0 Å². The van der Waals surface area contributed by atoms with Crippen LogP contribution in [0.1, 0.15) is 56.0 Å². The molecule has 1 aliphatic carbocycles. The molecule has 2 rings (SSSR count). The molecule has 2 heteroatoms. The Hall–Kier alpha value is -0.340. The van der Waals surface area contributed by atoms with Gasteiger partial charge in [-0.25, -0.2) is 0 Å². The highest BCUT2D eigenvalue weighted by Crippen LogP contribution is 2.39. The Labute approximate surface area is 116 Å². The minimum atomic E-state index is 0.572. The van der Waals surface area contributed by atoms with Gasteiger partial charge in [-0.3, -0.25) is 0 Å². The first kappa shape index (κ1) is 14.1. The summed E-state index contributed by atoms with van der Waals surface area (Å²) < 4.78 is 0. The summed E-state index contributed by atoms with van der Waals surface area (Å²) in [4.78, 5) is 1.43. The summed E-state index contributed by atoms with van der Waals surface area (Å²) in [5.74, 6) is 2.66. The molecule has 1 aromatic heterocycles. The van der Waals surface area contributed by atoms with E-state index in [1.54, 1.807) is 0 Å². The fourth-order valence-electron chi connectivity index (χ4n) is 3.45. The van der Waals surface area contributed by atoms with E-state index in [0.29, 0.717) is 6.04 Å². The quantitative estimate of drug-likeness (QED) is 0.826. The van der Waals surface area contributed by atoms with E-state index in [1.165, 1.54) is 36.1 Å². The summed E-state index contributed by atoms with van der Waals surface area (Å²) in [5.41, 5.74) is 1.51. The van der Waals surface area contributed by atoms with Crippen molar-refractivity contribution in [1.29, 1.82) is 0 Å². The summed E-state index contributed by atoms with van der Waals surface area (Å²) >= 11 is 1.88. The highest BCUT2D eigenvalue weighted by Gasteiger charge is 2.29. The largest absolute Gasteiger partial charge is 0.313 e. The van der Waals surface area contributed by atoms with Gasteiger partial charge in [0.05, 0.1) is 0 Å². The van der Waals surface area contributed by atoms with Crippen molar-refractivity contribution >= 4 is 11.3 Å². The van der Waals surface area contributed by atoms with E-state index < -0.39 is 0 Å². The third-order valence-electron chi connectivity index (χ3n) is 4.65. The molecular formula is C16H27NS. The number of hydrogen-bond donors (Lipinski definition) is 1. The molecule has 1 aliphatic rings. The molecule has 1 unspecified atom stereocenters. The lowest BCUT2D eigenvalue weighted by Crippen LogP contribution is -2.29. The van der Waals surface area contributed by atoms with Crippen LogP contribution in [0.15, 0.2) is 11.4 Å². The first-order valence-corrected chi connectivity index (χ1v) is 8.22. The molecule has 1 nitrogen and oxygen atoms in total. The second-order valence-corrected chi connectivity index (χ2v) is 7.29. The van der Waals surface area contributed by atoms with Gasteiger partial charge in [-0.05, 0) is 74.4 Å². The Balaban J connectivity index is 1.98. The van der Waals surface area contributed by atoms with E-state index in [9.17, 15) is 0 Å². The van der Waals surface area contributed by atoms with Gasteiger partial charge in [-0.2, -0.15) is 0 Å². The smallest absolute Gasteiger partial charge is 0.0354 e. The molecule has 0 bridgehead atoms. The van der Waals surface area contributed by atoms with Gasteiger partial charge in [0.1, 0.15) is 0 Å². The molecular weight excluding hydrogens is 238 g/mol. The van der Waals surface area contributed by atoms with Gasteiger partial charge < -0.3 is 5.32 Å². The molecule has 1 saturated carbocycles. The maximum absolute atomic E-state index is 3.55. The number of thiophene rings is 1. The predicted molar refractivity (Wildman–Crippen MR) is 81.1 cm³/mol. The van der Waals surface area contributed by atoms with Crippen LogP contribution in [0.2, 0.25) is 0 Å². The number of nitrogens with one attached hydrogen (secondary N) is 1. The average molecular weight is 265 g/mol. The van der Waals surface area contributed by atoms with Crippen molar-refractivity contribution < 1.29 is 0 Å². The van der Waals surface area contributed by atoms with Crippen molar-refractivity contribution in [3.63, 3.8) is 0 Å². The molecule has 1 atom stereocenters. The van der Waals surface area contributed by atoms with Gasteiger partial charge >= 0.3 is 0 Å². The van der Waals surface area contributed by atoms with Gasteiger partial charge in [-0.15, -0.1) is 11.3 Å². The minimum Gasteiger partial charge on any atom is -0.313 e. The second-order valence-electron chi connectivity index (χ2n) is 6.18. The van der Waals surface area contributed by atoms with E-state index in [0.717, 1.165) is 17.8 Å². The molecule has 0 radical (unpaired) electrons. The second kappa shape index (κ2) is 6.21. The van der Waals surface area contributed by atoms with Crippen LogP contribution < -0.4 is 5.32 Å². The molecule has 0 aromatic carbocycles. The first-order chi connectivity index (χ1) is 8.61. The van der Waals surface area contributed by atoms with Crippen molar-refractivity contribution in [3.8, 4) is 0 Å². The van der Waals surface area contributed by atoms with Crippen molar-refractivity contribution in [2.45, 2.75) is 52.5 Å². The lowest BCUT2D eigenvalue weighted by Gasteiger charge is -2.35. The van der Waals surface area contributed by atoms with Crippen LogP contribution in [-0.2, 0) is 0 Å². The highest BCUT2D eigenvalue weighted by atomic mass is 32.1. The van der Waals surface area contributed by atoms with Crippen molar-refractivity contribution in [2.75, 3.05) is 7.05 Å². The van der Waals surface area contributed by atoms with Gasteiger partial charge in [0.25, 0.3) is 0 Å². The zero-order chi connectivity index (χ0) is 13.1. The van der Waals surface area contributed by atoms with Crippen molar-refractivity contribution in [3.05, 3.63) is 21.9 Å². The molecule has 1 fully saturated rings. The maximum Gasteiger partial charge on any atom is 0.0354 e. The topological polar surface area (TPSA) is 12.0 Å². The van der Waals surface area contributed by atoms with E-state index in [4.69, 9.17) is 0 Å². The standard InChI is InChI=1S/C16H27NS/c1-11(2)13-5-7-14(8-6-13)16(17-4)15-9-12(3)18-10-15/h9-11,13-14,16-17H,5-8H2,1-4H3. The van der Waals surface area contributed by atoms with Crippen LogP contribution in [0.3, 0.4) is 0 Å². The molecule has 1 aromatic rings. The fraction of sp³-hybridized carbons (Fsp3) is 0.750. The van der Waals surface area contributed by atoms with E-state index in [1.807, 2.05) is 11.3 Å². The normalized spacial score (nSPS) is 26.5. The average Bonchev–Trinajstić information content (AvgIpc) is 2.77. The maximum atomic E-state index is 3.55. The SMILES string of the molecule is CNC(c1csc(C)c1)C1CCC(C(C)C)CC1. The zero-order valence-electron chi connectivity index (χ0n) is 12.2. The lowest BCUT2D eigenvalue weighted by atomic mass is 9.73. The molecule has 0 amide bonds. The third kappa shape index (κ3) is 3.16. The number of aryl methyl sites for hydroxylation is 1. The summed E-state index contributed by atoms with van der Waals surface area (Å²) in [5, 5.41) is 5.89. The van der Waals surface area contributed by atoms with E-state index in [2.05, 4.69) is 44.6 Å². The molecule has 1 heterocycles. The Kier molecular flexibility index (Phi) is 4.85. The summed E-state index contributed by atoms with van der Waals surface area (Å²) in [7, 11) is 2.12. The third-order valence-corrected chi connectivity index (χ3v) is 5.53. The Bertz CT molecular complexity index is 361. The van der Waals surface area contributed by atoms with Crippen LogP contribution in [0.4, 0.5) is 0 Å². The van der Waals surface area contributed by atoms with Crippen LogP contribution >= 0.6 is 11.3 Å². The van der Waals surface area contributed by atoms with E-state index >= 15 is 0 Å². The Morgan fingerprint density at radius 2 is 1.78 bits per heavy atom. The van der Waals surface area contributed by atoms with Crippen LogP contribution in [-0.4, -0.2) is 7.05 Å². The van der Waals surface area contributed by atoms with Gasteiger partial charge in [-0.1, -0.05) is 13.8 Å². The number of rotatable bonds is 4. The van der Waals surface area contributed by atoms with Crippen molar-refractivity contribution in [2.24, 2.45) is 17.8 Å². The molecule has 18 heavy (non-hydrogen) atoms. The monoisotopic (exact) mass is 265 g/mol. The number of hydrogen-bond acceptors (Lipinski definition) is 2. The molecule has 0 aliphatic heterocycles. The Morgan fingerprint density at radius 1 is 1.17 bits per heavy atom. The van der Waals surface area contributed by atoms with Gasteiger partial charge in [0, 0.05) is 10.9 Å². The molecule has 0 spiro atoms. The van der Waals surface area contributed by atoms with Gasteiger partial charge in [0.15, 0.2) is 0 Å². The predicted octanol–water partition coefficient (Wildman–Crippen LogP) is 4.78. The minimum absolute atomic E-state index is 0.572. The fourth-order valence-corrected chi connectivity index (χ4v) is 4.19. The summed E-state index contributed by atoms with van der Waals surface area (Å²) in [6, 6.07) is 2.93. The highest BCUT2D eigenvalue weighted by molar-refractivity contribution is 7.10. The van der Waals surface area contributed by atoms with Gasteiger partial charge in [0.2, 0.25) is 0 Å². The first-order valence-electron chi connectivity index (χ1n) is 7.34. The van der Waals surface area contributed by atoms with Crippen LogP contribution in [0, 0.1) is 24.7 Å².